The van der Waals surface area contributed by atoms with Gasteiger partial charge in [-0.1, -0.05) is 13.0 Å². The van der Waals surface area contributed by atoms with Crippen molar-refractivity contribution in [3.63, 3.8) is 0 Å². The Balaban J connectivity index is 1.85. The van der Waals surface area contributed by atoms with Gasteiger partial charge in [0.1, 0.15) is 0 Å². The number of urea groups is 1. The predicted molar refractivity (Wildman–Crippen MR) is 67.7 cm³/mol. The van der Waals surface area contributed by atoms with E-state index >= 15 is 0 Å². The van der Waals surface area contributed by atoms with Crippen LogP contribution in [-0.2, 0) is 6.54 Å². The highest BCUT2D eigenvalue weighted by Crippen LogP contribution is 2.32. The first-order chi connectivity index (χ1) is 8.69. The highest BCUT2D eigenvalue weighted by Gasteiger charge is 2.13. The van der Waals surface area contributed by atoms with Gasteiger partial charge in [0.15, 0.2) is 11.5 Å². The number of hydrogen-bond donors (Lipinski definition) is 2. The first-order valence-corrected chi connectivity index (χ1v) is 6.12. The summed E-state index contributed by atoms with van der Waals surface area (Å²) in [4.78, 5) is 11.5. The number of benzene rings is 1. The van der Waals surface area contributed by atoms with Gasteiger partial charge in [-0.2, -0.15) is 0 Å². The monoisotopic (exact) mass is 250 g/mol. The van der Waals surface area contributed by atoms with E-state index in [1.165, 1.54) is 0 Å². The number of carbonyl (C=O) groups is 1. The zero-order valence-electron chi connectivity index (χ0n) is 10.7. The third-order valence-corrected chi connectivity index (χ3v) is 2.88. The summed E-state index contributed by atoms with van der Waals surface area (Å²) in [5.41, 5.74) is 0.985. The van der Waals surface area contributed by atoms with E-state index in [1.54, 1.807) is 0 Å². The predicted octanol–water partition coefficient (Wildman–Crippen LogP) is 2.01. The van der Waals surface area contributed by atoms with E-state index in [1.807, 2.05) is 32.0 Å². The zero-order chi connectivity index (χ0) is 13.0. The van der Waals surface area contributed by atoms with E-state index in [9.17, 15) is 4.79 Å². The third-order valence-electron chi connectivity index (χ3n) is 2.88. The van der Waals surface area contributed by atoms with Crippen LogP contribution in [0.2, 0.25) is 0 Å². The van der Waals surface area contributed by atoms with Crippen LogP contribution in [0, 0.1) is 0 Å². The van der Waals surface area contributed by atoms with Crippen molar-refractivity contribution in [3.05, 3.63) is 23.8 Å². The molecule has 18 heavy (non-hydrogen) atoms. The van der Waals surface area contributed by atoms with Gasteiger partial charge in [0.2, 0.25) is 6.79 Å². The SMILES string of the molecule is CC[C@@H](C)NC(=O)NCc1ccc2c(c1)OCO2. The lowest BCUT2D eigenvalue weighted by Gasteiger charge is -2.12. The Labute approximate surface area is 106 Å². The molecule has 1 aliphatic rings. The molecule has 0 bridgehead atoms. The van der Waals surface area contributed by atoms with E-state index in [0.29, 0.717) is 6.54 Å². The van der Waals surface area contributed by atoms with Crippen molar-refractivity contribution < 1.29 is 14.3 Å². The normalized spacial score (nSPS) is 14.1. The van der Waals surface area contributed by atoms with Gasteiger partial charge in [0.25, 0.3) is 0 Å². The minimum absolute atomic E-state index is 0.151. The van der Waals surface area contributed by atoms with Gasteiger partial charge < -0.3 is 20.1 Å². The first kappa shape index (κ1) is 12.5. The van der Waals surface area contributed by atoms with Gasteiger partial charge in [0.05, 0.1) is 0 Å². The lowest BCUT2D eigenvalue weighted by atomic mass is 10.2. The quantitative estimate of drug-likeness (QED) is 0.859. The van der Waals surface area contributed by atoms with Crippen LogP contribution in [0.25, 0.3) is 0 Å². The van der Waals surface area contributed by atoms with Crippen LogP contribution in [0.4, 0.5) is 4.79 Å². The average molecular weight is 250 g/mol. The van der Waals surface area contributed by atoms with Crippen molar-refractivity contribution in [2.45, 2.75) is 32.9 Å². The van der Waals surface area contributed by atoms with Crippen molar-refractivity contribution in [2.75, 3.05) is 6.79 Å². The molecular weight excluding hydrogens is 232 g/mol. The molecule has 0 saturated heterocycles. The summed E-state index contributed by atoms with van der Waals surface area (Å²) < 4.78 is 10.5. The van der Waals surface area contributed by atoms with Gasteiger partial charge in [-0.3, -0.25) is 0 Å². The van der Waals surface area contributed by atoms with Crippen molar-refractivity contribution in [1.82, 2.24) is 10.6 Å². The second-order valence-electron chi connectivity index (χ2n) is 4.32. The van der Waals surface area contributed by atoms with Crippen molar-refractivity contribution in [1.29, 1.82) is 0 Å². The summed E-state index contributed by atoms with van der Waals surface area (Å²) in [6, 6.07) is 5.68. The van der Waals surface area contributed by atoms with Gasteiger partial charge in [-0.15, -0.1) is 0 Å². The molecule has 1 atom stereocenters. The Morgan fingerprint density at radius 3 is 2.94 bits per heavy atom. The molecule has 2 rings (SSSR count). The molecule has 0 saturated carbocycles. The summed E-state index contributed by atoms with van der Waals surface area (Å²) in [5, 5.41) is 5.66. The van der Waals surface area contributed by atoms with E-state index < -0.39 is 0 Å². The van der Waals surface area contributed by atoms with Crippen LogP contribution in [-0.4, -0.2) is 18.9 Å². The summed E-state index contributed by atoms with van der Waals surface area (Å²) in [6.45, 7) is 4.74. The second kappa shape index (κ2) is 5.62. The lowest BCUT2D eigenvalue weighted by molar-refractivity contribution is 0.174. The third kappa shape index (κ3) is 3.06. The van der Waals surface area contributed by atoms with E-state index in [4.69, 9.17) is 9.47 Å². The van der Waals surface area contributed by atoms with E-state index in [0.717, 1.165) is 23.5 Å². The van der Waals surface area contributed by atoms with Crippen LogP contribution >= 0.6 is 0 Å². The van der Waals surface area contributed by atoms with Gasteiger partial charge in [-0.05, 0) is 31.0 Å². The Bertz CT molecular complexity index is 434. The average Bonchev–Trinajstić information content (AvgIpc) is 2.83. The van der Waals surface area contributed by atoms with Crippen LogP contribution in [0.15, 0.2) is 18.2 Å². The van der Waals surface area contributed by atoms with Crippen LogP contribution in [0.3, 0.4) is 0 Å². The highest BCUT2D eigenvalue weighted by molar-refractivity contribution is 5.74. The molecular formula is C13H18N2O3. The molecule has 0 aromatic heterocycles. The molecule has 1 aromatic carbocycles. The molecule has 0 unspecified atom stereocenters. The molecule has 2 amide bonds. The maximum atomic E-state index is 11.5. The molecule has 0 spiro atoms. The van der Waals surface area contributed by atoms with Crippen molar-refractivity contribution in [2.24, 2.45) is 0 Å². The van der Waals surface area contributed by atoms with Crippen molar-refractivity contribution in [3.8, 4) is 11.5 Å². The summed E-state index contributed by atoms with van der Waals surface area (Å²) >= 11 is 0. The Kier molecular flexibility index (Phi) is 3.92. The smallest absolute Gasteiger partial charge is 0.315 e. The van der Waals surface area contributed by atoms with Crippen LogP contribution < -0.4 is 20.1 Å². The lowest BCUT2D eigenvalue weighted by Crippen LogP contribution is -2.40. The van der Waals surface area contributed by atoms with E-state index in [-0.39, 0.29) is 18.9 Å². The molecule has 2 N–H and O–H groups in total. The van der Waals surface area contributed by atoms with Crippen LogP contribution in [0.5, 0.6) is 11.5 Å². The van der Waals surface area contributed by atoms with Crippen molar-refractivity contribution >= 4 is 6.03 Å². The van der Waals surface area contributed by atoms with Gasteiger partial charge >= 0.3 is 6.03 Å². The minimum atomic E-state index is -0.151. The molecule has 0 aliphatic carbocycles. The number of amides is 2. The first-order valence-electron chi connectivity index (χ1n) is 6.12. The topological polar surface area (TPSA) is 59.6 Å². The Morgan fingerprint density at radius 2 is 2.17 bits per heavy atom. The summed E-state index contributed by atoms with van der Waals surface area (Å²) in [6.07, 6.45) is 0.914. The Hall–Kier alpha value is -1.91. The number of nitrogens with one attached hydrogen (secondary N) is 2. The molecule has 0 fully saturated rings. The molecule has 0 radical (unpaired) electrons. The number of ether oxygens (including phenoxy) is 2. The zero-order valence-corrected chi connectivity index (χ0v) is 10.7. The summed E-state index contributed by atoms with van der Waals surface area (Å²) in [5.74, 6) is 1.49. The highest BCUT2D eigenvalue weighted by atomic mass is 16.7. The number of fused-ring (bicyclic) bond motifs is 1. The maximum absolute atomic E-state index is 11.5. The molecule has 5 nitrogen and oxygen atoms in total. The molecule has 1 aliphatic heterocycles. The van der Waals surface area contributed by atoms with E-state index in [2.05, 4.69) is 10.6 Å². The fourth-order valence-electron chi connectivity index (χ4n) is 1.61. The largest absolute Gasteiger partial charge is 0.454 e. The number of carbonyl (C=O) groups excluding carboxylic acids is 1. The van der Waals surface area contributed by atoms with Gasteiger partial charge in [-0.25, -0.2) is 4.79 Å². The minimum Gasteiger partial charge on any atom is -0.454 e. The second-order valence-corrected chi connectivity index (χ2v) is 4.32. The Morgan fingerprint density at radius 1 is 1.39 bits per heavy atom. The standard InChI is InChI=1S/C13H18N2O3/c1-3-9(2)15-13(16)14-7-10-4-5-11-12(6-10)18-8-17-11/h4-6,9H,3,7-8H2,1-2H3,(H2,14,15,16)/t9-/m1/s1. The fraction of sp³-hybridized carbons (Fsp3) is 0.462. The fourth-order valence-corrected chi connectivity index (χ4v) is 1.61. The maximum Gasteiger partial charge on any atom is 0.315 e. The molecule has 5 heteroatoms. The number of hydrogen-bond acceptors (Lipinski definition) is 3. The molecule has 1 aromatic rings. The number of rotatable bonds is 4. The molecule has 98 valence electrons. The summed E-state index contributed by atoms with van der Waals surface area (Å²) in [7, 11) is 0. The van der Waals surface area contributed by atoms with Crippen LogP contribution in [0.1, 0.15) is 25.8 Å². The van der Waals surface area contributed by atoms with Gasteiger partial charge in [0, 0.05) is 12.6 Å². The molecule has 1 heterocycles.